The van der Waals surface area contributed by atoms with E-state index >= 15 is 0 Å². The highest BCUT2D eigenvalue weighted by Crippen LogP contribution is 2.30. The molecular weight excluding hydrogens is 272 g/mol. The largest absolute Gasteiger partial charge is 0.497 e. The van der Waals surface area contributed by atoms with Crippen LogP contribution in [0, 0.1) is 0 Å². The SMILES string of the molecule is COc1ccc(C=C2Cc3cc(Cl)ccc3C2=O)cc1. The van der Waals surface area contributed by atoms with Crippen molar-refractivity contribution < 1.29 is 9.53 Å². The van der Waals surface area contributed by atoms with E-state index < -0.39 is 0 Å². The first kappa shape index (κ1) is 12.9. The summed E-state index contributed by atoms with van der Waals surface area (Å²) in [6.45, 7) is 0. The molecule has 2 aromatic carbocycles. The fourth-order valence-corrected chi connectivity index (χ4v) is 2.60. The molecule has 0 aromatic heterocycles. The lowest BCUT2D eigenvalue weighted by atomic mass is 10.1. The van der Waals surface area contributed by atoms with E-state index in [2.05, 4.69) is 0 Å². The number of halogens is 1. The molecule has 3 rings (SSSR count). The first-order valence-corrected chi connectivity index (χ1v) is 6.73. The second kappa shape index (κ2) is 5.14. The minimum atomic E-state index is 0.0903. The molecule has 0 fully saturated rings. The van der Waals surface area contributed by atoms with Gasteiger partial charge in [0.2, 0.25) is 0 Å². The van der Waals surface area contributed by atoms with Gasteiger partial charge >= 0.3 is 0 Å². The van der Waals surface area contributed by atoms with Crippen molar-refractivity contribution in [3.05, 3.63) is 69.8 Å². The van der Waals surface area contributed by atoms with Gasteiger partial charge in [-0.05, 0) is 47.5 Å². The number of carbonyl (C=O) groups excluding carboxylic acids is 1. The summed E-state index contributed by atoms with van der Waals surface area (Å²) in [7, 11) is 1.63. The van der Waals surface area contributed by atoms with Crippen molar-refractivity contribution in [1.82, 2.24) is 0 Å². The molecule has 0 heterocycles. The Morgan fingerprint density at radius 2 is 1.90 bits per heavy atom. The fraction of sp³-hybridized carbons (Fsp3) is 0.118. The number of ether oxygens (including phenoxy) is 1. The number of methoxy groups -OCH3 is 1. The number of allylic oxidation sites excluding steroid dienone is 1. The minimum absolute atomic E-state index is 0.0903. The van der Waals surface area contributed by atoms with Crippen molar-refractivity contribution in [3.8, 4) is 5.75 Å². The van der Waals surface area contributed by atoms with Gasteiger partial charge in [0.15, 0.2) is 5.78 Å². The van der Waals surface area contributed by atoms with Gasteiger partial charge in [0.25, 0.3) is 0 Å². The van der Waals surface area contributed by atoms with Crippen LogP contribution in [0.25, 0.3) is 6.08 Å². The van der Waals surface area contributed by atoms with Crippen molar-refractivity contribution in [2.24, 2.45) is 0 Å². The van der Waals surface area contributed by atoms with Crippen LogP contribution in [0.1, 0.15) is 21.5 Å². The van der Waals surface area contributed by atoms with E-state index in [1.54, 1.807) is 19.2 Å². The molecule has 0 aliphatic heterocycles. The van der Waals surface area contributed by atoms with Crippen molar-refractivity contribution in [3.63, 3.8) is 0 Å². The maximum atomic E-state index is 12.3. The Balaban J connectivity index is 1.92. The smallest absolute Gasteiger partial charge is 0.189 e. The number of Topliss-reactive ketones (excluding diaryl/α,β-unsaturated/α-hetero) is 1. The molecule has 1 aliphatic carbocycles. The highest BCUT2D eigenvalue weighted by molar-refractivity contribution is 6.31. The molecule has 0 unspecified atom stereocenters. The predicted octanol–water partition coefficient (Wildman–Crippen LogP) is 4.17. The quantitative estimate of drug-likeness (QED) is 0.774. The maximum absolute atomic E-state index is 12.3. The van der Waals surface area contributed by atoms with Gasteiger partial charge in [-0.2, -0.15) is 0 Å². The molecule has 1 aliphatic rings. The van der Waals surface area contributed by atoms with Gasteiger partial charge in [-0.25, -0.2) is 0 Å². The van der Waals surface area contributed by atoms with Gasteiger partial charge in [0, 0.05) is 22.6 Å². The van der Waals surface area contributed by atoms with E-state index in [-0.39, 0.29) is 5.78 Å². The molecule has 0 amide bonds. The molecule has 100 valence electrons. The predicted molar refractivity (Wildman–Crippen MR) is 80.5 cm³/mol. The van der Waals surface area contributed by atoms with Crippen molar-refractivity contribution in [2.45, 2.75) is 6.42 Å². The maximum Gasteiger partial charge on any atom is 0.189 e. The van der Waals surface area contributed by atoms with Crippen molar-refractivity contribution in [2.75, 3.05) is 7.11 Å². The Labute approximate surface area is 122 Å². The Bertz CT molecular complexity index is 699. The van der Waals surface area contributed by atoms with Crippen molar-refractivity contribution in [1.29, 1.82) is 0 Å². The molecule has 0 N–H and O–H groups in total. The Morgan fingerprint density at radius 3 is 2.60 bits per heavy atom. The molecular formula is C17H13ClO2. The Kier molecular flexibility index (Phi) is 3.33. The van der Waals surface area contributed by atoms with Crippen LogP contribution < -0.4 is 4.74 Å². The number of ketones is 1. The minimum Gasteiger partial charge on any atom is -0.497 e. The van der Waals surface area contributed by atoms with Gasteiger partial charge in [0.1, 0.15) is 5.75 Å². The molecule has 0 saturated heterocycles. The van der Waals surface area contributed by atoms with E-state index in [4.69, 9.17) is 16.3 Å². The zero-order valence-electron chi connectivity index (χ0n) is 11.0. The third kappa shape index (κ3) is 2.35. The van der Waals surface area contributed by atoms with Crippen LogP contribution in [-0.4, -0.2) is 12.9 Å². The van der Waals surface area contributed by atoms with E-state index in [0.29, 0.717) is 11.4 Å². The summed E-state index contributed by atoms with van der Waals surface area (Å²) in [6.07, 6.45) is 2.57. The van der Waals surface area contributed by atoms with E-state index in [1.807, 2.05) is 36.4 Å². The summed E-state index contributed by atoms with van der Waals surface area (Å²) in [5.74, 6) is 0.896. The van der Waals surface area contributed by atoms with Crippen LogP contribution in [0.15, 0.2) is 48.0 Å². The lowest BCUT2D eigenvalue weighted by Crippen LogP contribution is -1.95. The van der Waals surface area contributed by atoms with E-state index in [1.165, 1.54) is 0 Å². The molecule has 2 nitrogen and oxygen atoms in total. The van der Waals surface area contributed by atoms with E-state index in [9.17, 15) is 4.79 Å². The number of fused-ring (bicyclic) bond motifs is 1. The van der Waals surface area contributed by atoms with Gasteiger partial charge in [-0.1, -0.05) is 23.7 Å². The lowest BCUT2D eigenvalue weighted by molar-refractivity contribution is 0.104. The normalized spacial score (nSPS) is 15.5. The number of hydrogen-bond acceptors (Lipinski definition) is 2. The first-order valence-electron chi connectivity index (χ1n) is 6.35. The zero-order valence-corrected chi connectivity index (χ0v) is 11.8. The second-order valence-electron chi connectivity index (χ2n) is 4.75. The van der Waals surface area contributed by atoms with Crippen LogP contribution in [0.2, 0.25) is 5.02 Å². The highest BCUT2D eigenvalue weighted by atomic mass is 35.5. The number of carbonyl (C=O) groups is 1. The van der Waals surface area contributed by atoms with Crippen LogP contribution >= 0.6 is 11.6 Å². The van der Waals surface area contributed by atoms with Gasteiger partial charge in [0.05, 0.1) is 7.11 Å². The topological polar surface area (TPSA) is 26.3 Å². The summed E-state index contributed by atoms with van der Waals surface area (Å²) in [5, 5.41) is 0.669. The number of hydrogen-bond donors (Lipinski definition) is 0. The van der Waals surface area contributed by atoms with Crippen LogP contribution in [-0.2, 0) is 6.42 Å². The molecule has 0 spiro atoms. The molecule has 0 bridgehead atoms. The first-order chi connectivity index (χ1) is 9.67. The standard InChI is InChI=1S/C17H13ClO2/c1-20-15-5-2-11(3-6-15)8-13-9-12-10-14(18)4-7-16(12)17(13)19/h2-8,10H,9H2,1H3. The van der Waals surface area contributed by atoms with Gasteiger partial charge in [-0.3, -0.25) is 4.79 Å². The fourth-order valence-electron chi connectivity index (χ4n) is 2.41. The number of rotatable bonds is 2. The van der Waals surface area contributed by atoms with Crippen molar-refractivity contribution >= 4 is 23.5 Å². The molecule has 0 radical (unpaired) electrons. The third-order valence-corrected chi connectivity index (χ3v) is 3.68. The molecule has 0 saturated carbocycles. The lowest BCUT2D eigenvalue weighted by Gasteiger charge is -2.00. The molecule has 2 aromatic rings. The third-order valence-electron chi connectivity index (χ3n) is 3.44. The average Bonchev–Trinajstić information content (AvgIpc) is 2.75. The van der Waals surface area contributed by atoms with Crippen LogP contribution in [0.3, 0.4) is 0 Å². The van der Waals surface area contributed by atoms with Crippen LogP contribution in [0.4, 0.5) is 0 Å². The number of benzene rings is 2. The summed E-state index contributed by atoms with van der Waals surface area (Å²) < 4.78 is 5.12. The monoisotopic (exact) mass is 284 g/mol. The summed E-state index contributed by atoms with van der Waals surface area (Å²) >= 11 is 5.97. The zero-order chi connectivity index (χ0) is 14.1. The van der Waals surface area contributed by atoms with Gasteiger partial charge in [-0.15, -0.1) is 0 Å². The Morgan fingerprint density at radius 1 is 1.15 bits per heavy atom. The summed E-state index contributed by atoms with van der Waals surface area (Å²) in [4.78, 5) is 12.3. The molecule has 0 atom stereocenters. The molecule has 3 heteroatoms. The molecule has 20 heavy (non-hydrogen) atoms. The summed E-state index contributed by atoms with van der Waals surface area (Å²) in [6, 6.07) is 13.1. The Hall–Kier alpha value is -2.06. The highest BCUT2D eigenvalue weighted by Gasteiger charge is 2.24. The van der Waals surface area contributed by atoms with Gasteiger partial charge < -0.3 is 4.74 Å². The second-order valence-corrected chi connectivity index (χ2v) is 5.19. The summed E-state index contributed by atoms with van der Waals surface area (Å²) in [5.41, 5.74) is 3.55. The average molecular weight is 285 g/mol. The van der Waals surface area contributed by atoms with E-state index in [0.717, 1.165) is 28.0 Å². The van der Waals surface area contributed by atoms with Crippen LogP contribution in [0.5, 0.6) is 5.75 Å².